The number of halogens is 2. The summed E-state index contributed by atoms with van der Waals surface area (Å²) in [6, 6.07) is 1.39. The van der Waals surface area contributed by atoms with Gasteiger partial charge in [0.2, 0.25) is 5.82 Å². The van der Waals surface area contributed by atoms with Crippen LogP contribution < -0.4 is 5.32 Å². The number of nitro benzene ring substituents is 1. The fourth-order valence-electron chi connectivity index (χ4n) is 1.73. The van der Waals surface area contributed by atoms with Gasteiger partial charge in [-0.15, -0.1) is 0 Å². The molecular formula is C13H16F2N2O4. The van der Waals surface area contributed by atoms with Gasteiger partial charge in [-0.3, -0.25) is 14.9 Å². The molecule has 1 aromatic carbocycles. The average Bonchev–Trinajstić information content (AvgIpc) is 2.42. The number of benzene rings is 1. The molecule has 0 bridgehead atoms. The van der Waals surface area contributed by atoms with Crippen molar-refractivity contribution in [2.24, 2.45) is 0 Å². The van der Waals surface area contributed by atoms with E-state index in [1.807, 2.05) is 0 Å². The maximum Gasteiger partial charge on any atom is 0.305 e. The zero-order valence-electron chi connectivity index (χ0n) is 11.5. The van der Waals surface area contributed by atoms with E-state index < -0.39 is 33.7 Å². The van der Waals surface area contributed by atoms with Gasteiger partial charge in [0.15, 0.2) is 0 Å². The standard InChI is InChI=1S/C13H16F2N2O4/c1-21-8-4-2-3-7-16-13(18)11-9(14)5-6-10(12(11)15)17(19)20/h5-6H,2-4,7-8H2,1H3,(H,16,18). The Kier molecular flexibility index (Phi) is 6.67. The molecule has 0 aliphatic heterocycles. The van der Waals surface area contributed by atoms with Crippen LogP contribution in [0.25, 0.3) is 0 Å². The van der Waals surface area contributed by atoms with Crippen LogP contribution in [0.2, 0.25) is 0 Å². The molecule has 0 aliphatic carbocycles. The number of nitrogens with one attached hydrogen (secondary N) is 1. The molecule has 0 atom stereocenters. The van der Waals surface area contributed by atoms with E-state index in [2.05, 4.69) is 5.32 Å². The van der Waals surface area contributed by atoms with Crippen LogP contribution >= 0.6 is 0 Å². The summed E-state index contributed by atoms with van der Waals surface area (Å²) < 4.78 is 32.1. The summed E-state index contributed by atoms with van der Waals surface area (Å²) in [5, 5.41) is 12.9. The Morgan fingerprint density at radius 1 is 1.33 bits per heavy atom. The van der Waals surface area contributed by atoms with Crippen LogP contribution in [0.4, 0.5) is 14.5 Å². The van der Waals surface area contributed by atoms with Crippen molar-refractivity contribution in [3.8, 4) is 0 Å². The second-order valence-corrected chi connectivity index (χ2v) is 4.32. The molecular weight excluding hydrogens is 286 g/mol. The Balaban J connectivity index is 2.66. The first-order chi connectivity index (χ1) is 9.99. The molecule has 8 heteroatoms. The van der Waals surface area contributed by atoms with Gasteiger partial charge in [-0.25, -0.2) is 4.39 Å². The summed E-state index contributed by atoms with van der Waals surface area (Å²) in [5.74, 6) is -3.59. The number of amides is 1. The Morgan fingerprint density at radius 2 is 2.05 bits per heavy atom. The highest BCUT2D eigenvalue weighted by Crippen LogP contribution is 2.22. The van der Waals surface area contributed by atoms with E-state index in [-0.39, 0.29) is 6.54 Å². The Bertz CT molecular complexity index is 523. The lowest BCUT2D eigenvalue weighted by Gasteiger charge is -2.07. The number of ether oxygens (including phenoxy) is 1. The number of carbonyl (C=O) groups is 1. The summed E-state index contributed by atoms with van der Waals surface area (Å²) in [7, 11) is 1.58. The van der Waals surface area contributed by atoms with Gasteiger partial charge < -0.3 is 10.1 Å². The maximum absolute atomic E-state index is 13.8. The number of unbranched alkanes of at least 4 members (excludes halogenated alkanes) is 2. The number of rotatable bonds is 8. The monoisotopic (exact) mass is 302 g/mol. The lowest BCUT2D eigenvalue weighted by molar-refractivity contribution is -0.387. The fraction of sp³-hybridized carbons (Fsp3) is 0.462. The molecule has 21 heavy (non-hydrogen) atoms. The summed E-state index contributed by atoms with van der Waals surface area (Å²) in [6.45, 7) is 0.826. The van der Waals surface area contributed by atoms with Crippen LogP contribution in [0, 0.1) is 21.7 Å². The van der Waals surface area contributed by atoms with Crippen molar-refractivity contribution < 1.29 is 23.2 Å². The molecule has 1 aromatic rings. The van der Waals surface area contributed by atoms with Gasteiger partial charge in [-0.05, 0) is 25.3 Å². The quantitative estimate of drug-likeness (QED) is 0.454. The van der Waals surface area contributed by atoms with Crippen molar-refractivity contribution in [2.45, 2.75) is 19.3 Å². The normalized spacial score (nSPS) is 10.4. The molecule has 116 valence electrons. The predicted molar refractivity (Wildman–Crippen MR) is 71.1 cm³/mol. The number of methoxy groups -OCH3 is 1. The van der Waals surface area contributed by atoms with Crippen LogP contribution in [0.15, 0.2) is 12.1 Å². The van der Waals surface area contributed by atoms with Crippen LogP contribution in [0.3, 0.4) is 0 Å². The van der Waals surface area contributed by atoms with E-state index in [1.54, 1.807) is 7.11 Å². The van der Waals surface area contributed by atoms with Crippen LogP contribution in [0.5, 0.6) is 0 Å². The topological polar surface area (TPSA) is 81.5 Å². The third-order valence-corrected chi connectivity index (χ3v) is 2.81. The van der Waals surface area contributed by atoms with Gasteiger partial charge in [-0.1, -0.05) is 0 Å². The van der Waals surface area contributed by atoms with Gasteiger partial charge in [0.05, 0.1) is 4.92 Å². The van der Waals surface area contributed by atoms with Crippen LogP contribution in [-0.2, 0) is 4.74 Å². The molecule has 1 rings (SSSR count). The van der Waals surface area contributed by atoms with Gasteiger partial charge in [0.25, 0.3) is 5.91 Å². The molecule has 6 nitrogen and oxygen atoms in total. The molecule has 0 unspecified atom stereocenters. The molecule has 0 radical (unpaired) electrons. The largest absolute Gasteiger partial charge is 0.385 e. The highest BCUT2D eigenvalue weighted by molar-refractivity contribution is 5.95. The van der Waals surface area contributed by atoms with E-state index >= 15 is 0 Å². The number of nitrogens with zero attached hydrogens (tertiary/aromatic N) is 1. The minimum atomic E-state index is -1.46. The third-order valence-electron chi connectivity index (χ3n) is 2.81. The summed E-state index contributed by atoms with van der Waals surface area (Å²) in [5.41, 5.74) is -1.86. The minimum absolute atomic E-state index is 0.226. The van der Waals surface area contributed by atoms with Gasteiger partial charge >= 0.3 is 5.69 Å². The second kappa shape index (κ2) is 8.25. The molecule has 0 aliphatic rings. The smallest absolute Gasteiger partial charge is 0.305 e. The van der Waals surface area contributed by atoms with E-state index in [9.17, 15) is 23.7 Å². The Hall–Kier alpha value is -2.09. The SMILES string of the molecule is COCCCCCNC(=O)c1c(F)ccc([N+](=O)[O-])c1F. The zero-order valence-corrected chi connectivity index (χ0v) is 11.5. The third kappa shape index (κ3) is 4.75. The van der Waals surface area contributed by atoms with Crippen molar-refractivity contribution in [2.75, 3.05) is 20.3 Å². The first kappa shape index (κ1) is 17.0. The van der Waals surface area contributed by atoms with Gasteiger partial charge in [-0.2, -0.15) is 4.39 Å². The van der Waals surface area contributed by atoms with E-state index in [0.717, 1.165) is 12.8 Å². The highest BCUT2D eigenvalue weighted by Gasteiger charge is 2.25. The van der Waals surface area contributed by atoms with Crippen LogP contribution in [0.1, 0.15) is 29.6 Å². The molecule has 1 amide bonds. The van der Waals surface area contributed by atoms with Gasteiger partial charge in [0.1, 0.15) is 11.4 Å². The number of hydrogen-bond donors (Lipinski definition) is 1. The first-order valence-corrected chi connectivity index (χ1v) is 6.38. The fourth-order valence-corrected chi connectivity index (χ4v) is 1.73. The molecule has 0 saturated carbocycles. The predicted octanol–water partition coefficient (Wildman–Crippen LogP) is 2.42. The number of carbonyl (C=O) groups excluding carboxylic acids is 1. The van der Waals surface area contributed by atoms with Gasteiger partial charge in [0, 0.05) is 26.3 Å². The van der Waals surface area contributed by atoms with Crippen molar-refractivity contribution in [1.29, 1.82) is 0 Å². The van der Waals surface area contributed by atoms with Crippen molar-refractivity contribution >= 4 is 11.6 Å². The second-order valence-electron chi connectivity index (χ2n) is 4.32. The van der Waals surface area contributed by atoms with E-state index in [1.165, 1.54) is 0 Å². The lowest BCUT2D eigenvalue weighted by atomic mass is 10.1. The first-order valence-electron chi connectivity index (χ1n) is 6.38. The van der Waals surface area contributed by atoms with E-state index in [0.29, 0.717) is 25.2 Å². The molecule has 0 spiro atoms. The zero-order chi connectivity index (χ0) is 15.8. The maximum atomic E-state index is 13.8. The minimum Gasteiger partial charge on any atom is -0.385 e. The highest BCUT2D eigenvalue weighted by atomic mass is 19.1. The molecule has 0 aromatic heterocycles. The summed E-state index contributed by atoms with van der Waals surface area (Å²) >= 11 is 0. The Labute approximate surface area is 120 Å². The molecule has 1 N–H and O–H groups in total. The number of nitro groups is 1. The summed E-state index contributed by atoms with van der Waals surface area (Å²) in [6.07, 6.45) is 2.22. The van der Waals surface area contributed by atoms with Crippen molar-refractivity contribution in [3.63, 3.8) is 0 Å². The van der Waals surface area contributed by atoms with Crippen molar-refractivity contribution in [1.82, 2.24) is 5.32 Å². The summed E-state index contributed by atoms with van der Waals surface area (Å²) in [4.78, 5) is 21.3. The Morgan fingerprint density at radius 3 is 2.67 bits per heavy atom. The lowest BCUT2D eigenvalue weighted by Crippen LogP contribution is -2.26. The molecule has 0 fully saturated rings. The van der Waals surface area contributed by atoms with E-state index in [4.69, 9.17) is 4.74 Å². The average molecular weight is 302 g/mol. The molecule has 0 heterocycles. The van der Waals surface area contributed by atoms with Crippen LogP contribution in [-0.4, -0.2) is 31.1 Å². The van der Waals surface area contributed by atoms with Crippen molar-refractivity contribution in [3.05, 3.63) is 39.4 Å². The number of hydrogen-bond acceptors (Lipinski definition) is 4. The molecule has 0 saturated heterocycles.